The van der Waals surface area contributed by atoms with Crippen molar-refractivity contribution in [2.45, 2.75) is 6.42 Å². The molecule has 0 spiro atoms. The monoisotopic (exact) mass is 474 g/mol. The van der Waals surface area contributed by atoms with Crippen molar-refractivity contribution in [1.82, 2.24) is 24.8 Å². The van der Waals surface area contributed by atoms with Crippen LogP contribution in [0.4, 0.5) is 16.0 Å². The van der Waals surface area contributed by atoms with Crippen molar-refractivity contribution >= 4 is 23.2 Å². The van der Waals surface area contributed by atoms with Gasteiger partial charge in [-0.25, -0.2) is 8.91 Å². The first-order valence-corrected chi connectivity index (χ1v) is 11.7. The summed E-state index contributed by atoms with van der Waals surface area (Å²) >= 11 is 0. The fraction of sp³-hybridized carbons (Fsp3) is 0.269. The van der Waals surface area contributed by atoms with Crippen LogP contribution in [0.1, 0.15) is 16.8 Å². The van der Waals surface area contributed by atoms with Crippen LogP contribution in [0.25, 0.3) is 16.8 Å². The zero-order valence-electron chi connectivity index (χ0n) is 19.3. The maximum Gasteiger partial charge on any atom is 0.251 e. The first-order valence-electron chi connectivity index (χ1n) is 11.7. The van der Waals surface area contributed by atoms with Crippen molar-refractivity contribution < 1.29 is 13.9 Å². The van der Waals surface area contributed by atoms with Crippen molar-refractivity contribution in [1.29, 1.82) is 0 Å². The number of amides is 1. The lowest BCUT2D eigenvalue weighted by Gasteiger charge is -2.26. The van der Waals surface area contributed by atoms with Crippen LogP contribution in [-0.2, 0) is 4.74 Å². The fourth-order valence-electron chi connectivity index (χ4n) is 4.11. The molecule has 0 atom stereocenters. The number of carbonyl (C=O) groups is 1. The van der Waals surface area contributed by atoms with E-state index in [1.807, 2.05) is 30.3 Å². The Bertz CT molecular complexity index is 1300. The molecular weight excluding hydrogens is 447 g/mol. The Morgan fingerprint density at radius 1 is 1.06 bits per heavy atom. The van der Waals surface area contributed by atoms with E-state index in [1.165, 1.54) is 12.1 Å². The van der Waals surface area contributed by atoms with Crippen LogP contribution >= 0.6 is 0 Å². The van der Waals surface area contributed by atoms with Gasteiger partial charge in [-0.05, 0) is 67.1 Å². The first-order chi connectivity index (χ1) is 17.2. The Labute approximate surface area is 202 Å². The molecule has 1 aliphatic heterocycles. The Morgan fingerprint density at radius 3 is 2.69 bits per heavy atom. The van der Waals surface area contributed by atoms with Gasteiger partial charge in [0.25, 0.3) is 5.91 Å². The van der Waals surface area contributed by atoms with Crippen molar-refractivity contribution in [2.75, 3.05) is 44.7 Å². The molecule has 0 unspecified atom stereocenters. The fourth-order valence-corrected chi connectivity index (χ4v) is 4.11. The SMILES string of the molecule is O=C(NCCCN1CCOCC1)c1ccc(Nc2nc3c(-c4cccc(F)c4)cccn3n2)cc1. The van der Waals surface area contributed by atoms with Crippen LogP contribution in [-0.4, -0.2) is 64.8 Å². The highest BCUT2D eigenvalue weighted by Crippen LogP contribution is 2.25. The summed E-state index contributed by atoms with van der Waals surface area (Å²) in [4.78, 5) is 19.4. The van der Waals surface area contributed by atoms with Crippen LogP contribution in [0.2, 0.25) is 0 Å². The topological polar surface area (TPSA) is 83.8 Å². The van der Waals surface area contributed by atoms with Gasteiger partial charge in [0.2, 0.25) is 5.95 Å². The lowest BCUT2D eigenvalue weighted by atomic mass is 10.1. The maximum absolute atomic E-state index is 13.7. The van der Waals surface area contributed by atoms with E-state index in [0.717, 1.165) is 56.1 Å². The summed E-state index contributed by atoms with van der Waals surface area (Å²) in [6.07, 6.45) is 2.70. The first kappa shape index (κ1) is 22.9. The van der Waals surface area contributed by atoms with E-state index >= 15 is 0 Å². The molecule has 0 saturated carbocycles. The number of pyridine rings is 1. The van der Waals surface area contributed by atoms with Crippen LogP contribution in [0, 0.1) is 5.82 Å². The highest BCUT2D eigenvalue weighted by molar-refractivity contribution is 5.94. The molecule has 2 aromatic heterocycles. The number of halogens is 1. The van der Waals surface area contributed by atoms with Crippen LogP contribution < -0.4 is 10.6 Å². The number of aromatic nitrogens is 3. The minimum Gasteiger partial charge on any atom is -0.379 e. The average Bonchev–Trinajstić information content (AvgIpc) is 3.30. The number of benzene rings is 2. The molecule has 2 N–H and O–H groups in total. The maximum atomic E-state index is 13.7. The largest absolute Gasteiger partial charge is 0.379 e. The van der Waals surface area contributed by atoms with Gasteiger partial charge in [-0.15, -0.1) is 5.10 Å². The molecule has 180 valence electrons. The molecule has 0 aliphatic carbocycles. The van der Waals surface area contributed by atoms with Gasteiger partial charge >= 0.3 is 0 Å². The molecule has 9 heteroatoms. The molecule has 3 heterocycles. The molecule has 4 aromatic rings. The molecule has 1 fully saturated rings. The summed E-state index contributed by atoms with van der Waals surface area (Å²) in [5.74, 6) is 0.0156. The second-order valence-electron chi connectivity index (χ2n) is 8.40. The van der Waals surface area contributed by atoms with Crippen molar-refractivity contribution in [3.8, 4) is 11.1 Å². The lowest BCUT2D eigenvalue weighted by Crippen LogP contribution is -2.38. The van der Waals surface area contributed by atoms with E-state index in [4.69, 9.17) is 4.74 Å². The van der Waals surface area contributed by atoms with E-state index in [2.05, 4.69) is 25.6 Å². The summed E-state index contributed by atoms with van der Waals surface area (Å²) in [5.41, 5.74) is 3.49. The molecule has 2 aromatic carbocycles. The van der Waals surface area contributed by atoms with Crippen molar-refractivity contribution in [3.05, 3.63) is 78.2 Å². The number of anilines is 2. The molecule has 5 rings (SSSR count). The van der Waals surface area contributed by atoms with Crippen LogP contribution in [0.5, 0.6) is 0 Å². The highest BCUT2D eigenvalue weighted by Gasteiger charge is 2.12. The summed E-state index contributed by atoms with van der Waals surface area (Å²) in [6.45, 7) is 5.07. The Balaban J connectivity index is 1.19. The molecule has 1 amide bonds. The van der Waals surface area contributed by atoms with E-state index in [0.29, 0.717) is 23.7 Å². The van der Waals surface area contributed by atoms with Gasteiger partial charge in [-0.2, -0.15) is 4.98 Å². The second-order valence-corrected chi connectivity index (χ2v) is 8.40. The van der Waals surface area contributed by atoms with E-state index in [1.54, 1.807) is 28.9 Å². The van der Waals surface area contributed by atoms with E-state index in [-0.39, 0.29) is 11.7 Å². The van der Waals surface area contributed by atoms with Gasteiger partial charge in [0.1, 0.15) is 5.82 Å². The normalized spacial score (nSPS) is 14.2. The average molecular weight is 475 g/mol. The third-order valence-electron chi connectivity index (χ3n) is 5.94. The Morgan fingerprint density at radius 2 is 1.89 bits per heavy atom. The molecule has 35 heavy (non-hydrogen) atoms. The van der Waals surface area contributed by atoms with Gasteiger partial charge < -0.3 is 15.4 Å². The number of carbonyl (C=O) groups excluding carboxylic acids is 1. The second kappa shape index (κ2) is 10.6. The molecule has 1 saturated heterocycles. The Hall–Kier alpha value is -3.82. The number of ether oxygens (including phenoxy) is 1. The number of nitrogens with zero attached hydrogens (tertiary/aromatic N) is 4. The minimum absolute atomic E-state index is 0.0934. The summed E-state index contributed by atoms with van der Waals surface area (Å²) < 4.78 is 20.7. The third kappa shape index (κ3) is 5.64. The molecular formula is C26H27FN6O2. The summed E-state index contributed by atoms with van der Waals surface area (Å²) in [6, 6.07) is 17.3. The zero-order valence-corrected chi connectivity index (χ0v) is 19.3. The zero-order chi connectivity index (χ0) is 24.0. The van der Waals surface area contributed by atoms with Gasteiger partial charge in [0, 0.05) is 42.6 Å². The minimum atomic E-state index is -0.302. The van der Waals surface area contributed by atoms with E-state index in [9.17, 15) is 9.18 Å². The number of morpholine rings is 1. The van der Waals surface area contributed by atoms with Crippen LogP contribution in [0.3, 0.4) is 0 Å². The standard InChI is InChI=1S/C26H27FN6O2/c27-21-5-1-4-20(18-21)23-6-2-13-33-24(23)30-26(31-33)29-22-9-7-19(8-10-22)25(34)28-11-3-12-32-14-16-35-17-15-32/h1-2,4-10,13,18H,3,11-12,14-17H2,(H,28,34)(H,29,31). The van der Waals surface area contributed by atoms with Crippen molar-refractivity contribution in [2.24, 2.45) is 0 Å². The predicted octanol–water partition coefficient (Wildman–Crippen LogP) is 3.73. The van der Waals surface area contributed by atoms with Gasteiger partial charge in [0.15, 0.2) is 5.65 Å². The number of hydrogen-bond donors (Lipinski definition) is 2. The smallest absolute Gasteiger partial charge is 0.251 e. The molecule has 0 bridgehead atoms. The number of rotatable bonds is 8. The predicted molar refractivity (Wildman–Crippen MR) is 132 cm³/mol. The molecule has 8 nitrogen and oxygen atoms in total. The van der Waals surface area contributed by atoms with Crippen molar-refractivity contribution in [3.63, 3.8) is 0 Å². The Kier molecular flexibility index (Phi) is 6.97. The molecule has 1 aliphatic rings. The quantitative estimate of drug-likeness (QED) is 0.379. The van der Waals surface area contributed by atoms with E-state index < -0.39 is 0 Å². The van der Waals surface area contributed by atoms with Gasteiger partial charge in [-0.3, -0.25) is 9.69 Å². The number of hydrogen-bond acceptors (Lipinski definition) is 6. The van der Waals surface area contributed by atoms with Crippen LogP contribution in [0.15, 0.2) is 66.9 Å². The van der Waals surface area contributed by atoms with Gasteiger partial charge in [-0.1, -0.05) is 12.1 Å². The lowest BCUT2D eigenvalue weighted by molar-refractivity contribution is 0.0374. The number of fused-ring (bicyclic) bond motifs is 1. The summed E-state index contributed by atoms with van der Waals surface area (Å²) in [5, 5.41) is 10.6. The highest BCUT2D eigenvalue weighted by atomic mass is 19.1. The number of nitrogens with one attached hydrogen (secondary N) is 2. The van der Waals surface area contributed by atoms with Gasteiger partial charge in [0.05, 0.1) is 13.2 Å². The third-order valence-corrected chi connectivity index (χ3v) is 5.94. The molecule has 0 radical (unpaired) electrons. The summed E-state index contributed by atoms with van der Waals surface area (Å²) in [7, 11) is 0.